The predicted molar refractivity (Wildman–Crippen MR) is 128 cm³/mol. The van der Waals surface area contributed by atoms with Crippen molar-refractivity contribution in [3.63, 3.8) is 0 Å². The van der Waals surface area contributed by atoms with Crippen LogP contribution >= 0.6 is 0 Å². The predicted octanol–water partition coefficient (Wildman–Crippen LogP) is 5.19. The van der Waals surface area contributed by atoms with Gasteiger partial charge in [0.15, 0.2) is 0 Å². The molecule has 170 valence electrons. The van der Waals surface area contributed by atoms with Gasteiger partial charge in [-0.3, -0.25) is 10.1 Å². The van der Waals surface area contributed by atoms with Gasteiger partial charge in [-0.05, 0) is 28.5 Å². The maximum Gasteiger partial charge on any atom is 0.344 e. The van der Waals surface area contributed by atoms with Crippen molar-refractivity contribution >= 4 is 22.4 Å². The topological polar surface area (TPSA) is 128 Å². The first kappa shape index (κ1) is 21.7. The Balaban J connectivity index is 1.52. The molecule has 0 radical (unpaired) electrons. The van der Waals surface area contributed by atoms with Crippen LogP contribution in [0.4, 0.5) is 5.69 Å². The summed E-state index contributed by atoms with van der Waals surface area (Å²) in [5, 5.41) is 22.7. The molecule has 0 spiro atoms. The molecule has 8 nitrogen and oxygen atoms in total. The third kappa shape index (κ3) is 3.92. The third-order valence-corrected chi connectivity index (χ3v) is 5.82. The lowest BCUT2D eigenvalue weighted by Crippen LogP contribution is -2.21. The monoisotopic (exact) mass is 463 g/mol. The van der Waals surface area contributed by atoms with Gasteiger partial charge < -0.3 is 15.2 Å². The van der Waals surface area contributed by atoms with Crippen LogP contribution in [-0.2, 0) is 0 Å². The summed E-state index contributed by atoms with van der Waals surface area (Å²) in [7, 11) is 0. The van der Waals surface area contributed by atoms with E-state index in [0.29, 0.717) is 22.4 Å². The summed E-state index contributed by atoms with van der Waals surface area (Å²) < 4.78 is 11.3. The van der Waals surface area contributed by atoms with Gasteiger partial charge in [0.1, 0.15) is 23.1 Å². The molecular weight excluding hydrogens is 446 g/mol. The highest BCUT2D eigenvalue weighted by Gasteiger charge is 2.32. The van der Waals surface area contributed by atoms with Crippen molar-refractivity contribution < 1.29 is 19.2 Å². The summed E-state index contributed by atoms with van der Waals surface area (Å²) in [5.41, 5.74) is 7.57. The van der Waals surface area contributed by atoms with E-state index >= 15 is 0 Å². The molecule has 0 aromatic heterocycles. The summed E-state index contributed by atoms with van der Waals surface area (Å²) in [6, 6.07) is 25.7. The smallest absolute Gasteiger partial charge is 0.344 e. The van der Waals surface area contributed by atoms with Gasteiger partial charge in [0.05, 0.1) is 16.4 Å². The number of carbonyl (C=O) groups excluding carboxylic acids is 1. The average molecular weight is 463 g/mol. The number of esters is 1. The van der Waals surface area contributed by atoms with Crippen molar-refractivity contribution in [2.45, 2.75) is 5.92 Å². The number of hydrogen-bond donors (Lipinski definition) is 1. The molecule has 1 aliphatic rings. The normalized spacial score (nSPS) is 14.5. The van der Waals surface area contributed by atoms with Crippen LogP contribution in [0.25, 0.3) is 10.8 Å². The first-order chi connectivity index (χ1) is 17.0. The minimum atomic E-state index is -0.675. The SMILES string of the molecule is N#CC1=C(N)Oc2cc(OC(=O)c3cccc4ccccc34)ccc2C1c1cccc([N+](=O)[O-])c1. The molecule has 0 aliphatic carbocycles. The Morgan fingerprint density at radius 1 is 1.03 bits per heavy atom. The Morgan fingerprint density at radius 2 is 1.80 bits per heavy atom. The number of carbonyl (C=O) groups is 1. The van der Waals surface area contributed by atoms with E-state index in [9.17, 15) is 20.2 Å². The number of fused-ring (bicyclic) bond motifs is 2. The van der Waals surface area contributed by atoms with Gasteiger partial charge in [-0.25, -0.2) is 4.79 Å². The van der Waals surface area contributed by atoms with Crippen LogP contribution in [-0.4, -0.2) is 10.9 Å². The highest BCUT2D eigenvalue weighted by molar-refractivity contribution is 6.05. The number of rotatable bonds is 4. The number of hydrogen-bond acceptors (Lipinski definition) is 7. The van der Waals surface area contributed by atoms with E-state index < -0.39 is 16.8 Å². The van der Waals surface area contributed by atoms with Gasteiger partial charge >= 0.3 is 5.97 Å². The van der Waals surface area contributed by atoms with E-state index in [1.54, 1.807) is 36.4 Å². The molecule has 4 aromatic rings. The van der Waals surface area contributed by atoms with Crippen LogP contribution < -0.4 is 15.2 Å². The molecule has 1 aliphatic heterocycles. The molecule has 1 atom stereocenters. The molecule has 1 unspecified atom stereocenters. The second kappa shape index (κ2) is 8.65. The molecule has 2 N–H and O–H groups in total. The zero-order valence-electron chi connectivity index (χ0n) is 18.2. The second-order valence-corrected chi connectivity index (χ2v) is 7.89. The van der Waals surface area contributed by atoms with Gasteiger partial charge in [0, 0.05) is 23.8 Å². The highest BCUT2D eigenvalue weighted by Crippen LogP contribution is 2.44. The number of allylic oxidation sites excluding steroid dienone is 1. The largest absolute Gasteiger partial charge is 0.440 e. The maximum absolute atomic E-state index is 12.9. The molecule has 4 aromatic carbocycles. The molecule has 0 amide bonds. The van der Waals surface area contributed by atoms with Crippen LogP contribution in [0.3, 0.4) is 0 Å². The van der Waals surface area contributed by atoms with Crippen molar-refractivity contribution in [3.8, 4) is 17.6 Å². The summed E-state index contributed by atoms with van der Waals surface area (Å²) in [6.45, 7) is 0. The minimum Gasteiger partial charge on any atom is -0.440 e. The van der Waals surface area contributed by atoms with Gasteiger partial charge in [-0.1, -0.05) is 54.6 Å². The fourth-order valence-electron chi connectivity index (χ4n) is 4.23. The Labute approximate surface area is 199 Å². The maximum atomic E-state index is 12.9. The zero-order valence-corrected chi connectivity index (χ0v) is 18.2. The van der Waals surface area contributed by atoms with Gasteiger partial charge in [-0.15, -0.1) is 0 Å². The second-order valence-electron chi connectivity index (χ2n) is 7.89. The summed E-state index contributed by atoms with van der Waals surface area (Å²) in [4.78, 5) is 23.7. The van der Waals surface area contributed by atoms with E-state index in [1.165, 1.54) is 18.2 Å². The number of nitrogens with zero attached hydrogens (tertiary/aromatic N) is 2. The quantitative estimate of drug-likeness (QED) is 0.191. The molecule has 0 bridgehead atoms. The Hall–Kier alpha value is -5.16. The minimum absolute atomic E-state index is 0.105. The molecule has 1 heterocycles. The van der Waals surface area contributed by atoms with E-state index in [1.807, 2.05) is 30.3 Å². The first-order valence-corrected chi connectivity index (χ1v) is 10.6. The van der Waals surface area contributed by atoms with Crippen LogP contribution in [0.15, 0.2) is 96.4 Å². The lowest BCUT2D eigenvalue weighted by molar-refractivity contribution is -0.384. The summed E-state index contributed by atoms with van der Waals surface area (Å²) in [6.07, 6.45) is 0. The van der Waals surface area contributed by atoms with Gasteiger partial charge in [0.25, 0.3) is 5.69 Å². The van der Waals surface area contributed by atoms with Crippen molar-refractivity contribution in [2.24, 2.45) is 5.73 Å². The number of non-ortho nitro benzene ring substituents is 1. The fourth-order valence-corrected chi connectivity index (χ4v) is 4.23. The van der Waals surface area contributed by atoms with Crippen LogP contribution in [0.1, 0.15) is 27.4 Å². The molecule has 0 saturated heterocycles. The Bertz CT molecular complexity index is 1580. The Morgan fingerprint density at radius 3 is 2.60 bits per heavy atom. The fraction of sp³-hybridized carbons (Fsp3) is 0.0370. The molecule has 0 saturated carbocycles. The lowest BCUT2D eigenvalue weighted by atomic mass is 9.83. The van der Waals surface area contributed by atoms with Crippen LogP contribution in [0, 0.1) is 21.4 Å². The van der Waals surface area contributed by atoms with Crippen LogP contribution in [0.2, 0.25) is 0 Å². The number of ether oxygens (including phenoxy) is 2. The zero-order chi connectivity index (χ0) is 24.5. The number of nitriles is 1. The van der Waals surface area contributed by atoms with Gasteiger partial charge in [-0.2, -0.15) is 5.26 Å². The summed E-state index contributed by atoms with van der Waals surface area (Å²) >= 11 is 0. The lowest BCUT2D eigenvalue weighted by Gasteiger charge is -2.26. The van der Waals surface area contributed by atoms with Crippen molar-refractivity contribution in [1.29, 1.82) is 5.26 Å². The van der Waals surface area contributed by atoms with Gasteiger partial charge in [0.2, 0.25) is 5.88 Å². The van der Waals surface area contributed by atoms with E-state index in [2.05, 4.69) is 6.07 Å². The number of nitrogens with two attached hydrogens (primary N) is 1. The van der Waals surface area contributed by atoms with E-state index in [4.69, 9.17) is 15.2 Å². The van der Waals surface area contributed by atoms with Crippen molar-refractivity contribution in [2.75, 3.05) is 0 Å². The standard InChI is InChI=1S/C27H17N3O5/c28-15-23-25(17-7-3-8-18(13-17)30(32)33)22-12-11-19(14-24(22)35-26(23)29)34-27(31)21-10-4-6-16-5-1-2-9-20(16)21/h1-14,25H,29H2. The average Bonchev–Trinajstić information content (AvgIpc) is 2.87. The molecule has 5 rings (SSSR count). The molecule has 8 heteroatoms. The number of nitro groups is 1. The van der Waals surface area contributed by atoms with Crippen LogP contribution in [0.5, 0.6) is 11.5 Å². The highest BCUT2D eigenvalue weighted by atomic mass is 16.6. The Kier molecular flexibility index (Phi) is 5.36. The first-order valence-electron chi connectivity index (χ1n) is 10.6. The molecular formula is C27H17N3O5. The molecule has 35 heavy (non-hydrogen) atoms. The molecule has 0 fully saturated rings. The van der Waals surface area contributed by atoms with Crippen molar-refractivity contribution in [1.82, 2.24) is 0 Å². The van der Waals surface area contributed by atoms with E-state index in [-0.39, 0.29) is 22.9 Å². The van der Waals surface area contributed by atoms with Crippen molar-refractivity contribution in [3.05, 3.63) is 123 Å². The number of benzene rings is 4. The third-order valence-electron chi connectivity index (χ3n) is 5.82. The number of nitro benzene ring substituents is 1. The van der Waals surface area contributed by atoms with E-state index in [0.717, 1.165) is 10.8 Å². The summed E-state index contributed by atoms with van der Waals surface area (Å²) in [5.74, 6) is -0.802.